The fraction of sp³-hybridized carbons (Fsp3) is 0.385. The highest BCUT2D eigenvalue weighted by Crippen LogP contribution is 2.18. The molecule has 2 amide bonds. The van der Waals surface area contributed by atoms with Gasteiger partial charge in [0.25, 0.3) is 0 Å². The maximum atomic E-state index is 11.8. The van der Waals surface area contributed by atoms with Crippen molar-refractivity contribution in [3.05, 3.63) is 23.8 Å². The second-order valence-corrected chi connectivity index (χ2v) is 4.54. The Balaban J connectivity index is 1.98. The summed E-state index contributed by atoms with van der Waals surface area (Å²) in [4.78, 5) is 24.8. The van der Waals surface area contributed by atoms with E-state index in [0.29, 0.717) is 24.3 Å². The molecule has 1 aliphatic rings. The number of nitrogen functional groups attached to an aromatic ring is 1. The molecule has 3 N–H and O–H groups in total. The van der Waals surface area contributed by atoms with Crippen LogP contribution in [-0.4, -0.2) is 29.8 Å². The van der Waals surface area contributed by atoms with Gasteiger partial charge in [-0.25, -0.2) is 0 Å². The monoisotopic (exact) mass is 247 g/mol. The van der Waals surface area contributed by atoms with Crippen molar-refractivity contribution in [2.24, 2.45) is 0 Å². The molecule has 1 heterocycles. The summed E-state index contributed by atoms with van der Waals surface area (Å²) in [7, 11) is 0. The lowest BCUT2D eigenvalue weighted by molar-refractivity contribution is -0.131. The number of likely N-dealkylation sites (tertiary alicyclic amines) is 1. The number of amides is 2. The highest BCUT2D eigenvalue weighted by atomic mass is 16.2. The summed E-state index contributed by atoms with van der Waals surface area (Å²) in [6.07, 6.45) is 1.38. The number of anilines is 2. The van der Waals surface area contributed by atoms with Crippen molar-refractivity contribution in [3.8, 4) is 0 Å². The van der Waals surface area contributed by atoms with Gasteiger partial charge in [-0.2, -0.15) is 0 Å². The number of aryl methyl sites for hydroxylation is 1. The highest BCUT2D eigenvalue weighted by molar-refractivity contribution is 5.95. The van der Waals surface area contributed by atoms with Gasteiger partial charge in [0.15, 0.2) is 0 Å². The first-order valence-corrected chi connectivity index (χ1v) is 6.00. The van der Waals surface area contributed by atoms with E-state index in [0.717, 1.165) is 12.0 Å². The average molecular weight is 247 g/mol. The Hall–Kier alpha value is -2.04. The van der Waals surface area contributed by atoms with Crippen LogP contribution in [0.4, 0.5) is 11.4 Å². The van der Waals surface area contributed by atoms with Crippen molar-refractivity contribution in [2.75, 3.05) is 24.1 Å². The Morgan fingerprint density at radius 3 is 2.94 bits per heavy atom. The molecule has 0 unspecified atom stereocenters. The van der Waals surface area contributed by atoms with Crippen molar-refractivity contribution in [1.82, 2.24) is 4.90 Å². The molecule has 1 aliphatic heterocycles. The lowest BCUT2D eigenvalue weighted by Crippen LogP contribution is -2.34. The van der Waals surface area contributed by atoms with Crippen LogP contribution in [0.3, 0.4) is 0 Å². The predicted molar refractivity (Wildman–Crippen MR) is 70.0 cm³/mol. The third-order valence-corrected chi connectivity index (χ3v) is 3.04. The number of nitrogens with one attached hydrogen (secondary N) is 1. The molecular formula is C13H17N3O2. The Morgan fingerprint density at radius 2 is 2.28 bits per heavy atom. The molecule has 0 bridgehead atoms. The smallest absolute Gasteiger partial charge is 0.244 e. The number of carbonyl (C=O) groups is 2. The zero-order chi connectivity index (χ0) is 13.1. The van der Waals surface area contributed by atoms with Gasteiger partial charge in [0.1, 0.15) is 0 Å². The molecule has 0 aromatic heterocycles. The second-order valence-electron chi connectivity index (χ2n) is 4.54. The van der Waals surface area contributed by atoms with Gasteiger partial charge in [0.2, 0.25) is 11.8 Å². The van der Waals surface area contributed by atoms with Crippen molar-refractivity contribution in [2.45, 2.75) is 19.8 Å². The number of rotatable bonds is 3. The number of hydrogen-bond acceptors (Lipinski definition) is 3. The number of benzene rings is 1. The minimum Gasteiger partial charge on any atom is -0.399 e. The van der Waals surface area contributed by atoms with Gasteiger partial charge >= 0.3 is 0 Å². The molecular weight excluding hydrogens is 230 g/mol. The van der Waals surface area contributed by atoms with Crippen LogP contribution in [0.2, 0.25) is 0 Å². The summed E-state index contributed by atoms with van der Waals surface area (Å²) in [5.74, 6) is -0.131. The summed E-state index contributed by atoms with van der Waals surface area (Å²) in [5.41, 5.74) is 7.93. The number of hydrogen-bond donors (Lipinski definition) is 2. The maximum absolute atomic E-state index is 11.8. The van der Waals surface area contributed by atoms with Crippen LogP contribution in [0.25, 0.3) is 0 Å². The highest BCUT2D eigenvalue weighted by Gasteiger charge is 2.22. The molecule has 5 heteroatoms. The number of nitrogens with zero attached hydrogens (tertiary/aromatic N) is 1. The molecule has 18 heavy (non-hydrogen) atoms. The Kier molecular flexibility index (Phi) is 3.50. The van der Waals surface area contributed by atoms with E-state index in [4.69, 9.17) is 5.73 Å². The molecule has 1 saturated heterocycles. The van der Waals surface area contributed by atoms with E-state index in [1.54, 1.807) is 17.0 Å². The van der Waals surface area contributed by atoms with Gasteiger partial charge in [-0.15, -0.1) is 0 Å². The SMILES string of the molecule is Cc1ccc(N)cc1NC(=O)CN1CCCC1=O. The zero-order valence-corrected chi connectivity index (χ0v) is 10.4. The summed E-state index contributed by atoms with van der Waals surface area (Å²) in [6, 6.07) is 5.36. The van der Waals surface area contributed by atoms with Crippen LogP contribution in [0.1, 0.15) is 18.4 Å². The topological polar surface area (TPSA) is 75.4 Å². The Labute approximate surface area is 106 Å². The standard InChI is InChI=1S/C13H17N3O2/c1-9-4-5-10(14)7-11(9)15-12(17)8-16-6-2-3-13(16)18/h4-5,7H,2-3,6,8,14H2,1H3,(H,15,17). The first-order valence-electron chi connectivity index (χ1n) is 6.00. The Morgan fingerprint density at radius 1 is 1.50 bits per heavy atom. The van der Waals surface area contributed by atoms with Gasteiger partial charge in [0.05, 0.1) is 6.54 Å². The lowest BCUT2D eigenvalue weighted by Gasteiger charge is -2.16. The maximum Gasteiger partial charge on any atom is 0.244 e. The van der Waals surface area contributed by atoms with E-state index in [1.165, 1.54) is 0 Å². The zero-order valence-electron chi connectivity index (χ0n) is 10.4. The van der Waals surface area contributed by atoms with Crippen molar-refractivity contribution in [3.63, 3.8) is 0 Å². The second kappa shape index (κ2) is 5.08. The summed E-state index contributed by atoms with van der Waals surface area (Å²) in [5, 5.41) is 2.79. The molecule has 1 aromatic carbocycles. The van der Waals surface area contributed by atoms with E-state index < -0.39 is 0 Å². The van der Waals surface area contributed by atoms with E-state index in [9.17, 15) is 9.59 Å². The minimum absolute atomic E-state index is 0.0504. The molecule has 1 aromatic rings. The average Bonchev–Trinajstić information content (AvgIpc) is 2.70. The molecule has 5 nitrogen and oxygen atoms in total. The van der Waals surface area contributed by atoms with E-state index >= 15 is 0 Å². The molecule has 2 rings (SSSR count). The predicted octanol–water partition coefficient (Wildman–Crippen LogP) is 1.14. The van der Waals surface area contributed by atoms with E-state index in [-0.39, 0.29) is 18.4 Å². The summed E-state index contributed by atoms with van der Waals surface area (Å²) >= 11 is 0. The van der Waals surface area contributed by atoms with E-state index in [1.807, 2.05) is 13.0 Å². The van der Waals surface area contributed by atoms with Crippen molar-refractivity contribution in [1.29, 1.82) is 0 Å². The van der Waals surface area contributed by atoms with Crippen LogP contribution in [0.15, 0.2) is 18.2 Å². The number of carbonyl (C=O) groups excluding carboxylic acids is 2. The molecule has 0 atom stereocenters. The van der Waals surface area contributed by atoms with Crippen LogP contribution in [0, 0.1) is 6.92 Å². The quantitative estimate of drug-likeness (QED) is 0.786. The summed E-state index contributed by atoms with van der Waals surface area (Å²) < 4.78 is 0. The fourth-order valence-electron chi connectivity index (χ4n) is 2.01. The minimum atomic E-state index is -0.182. The first-order chi connectivity index (χ1) is 8.56. The van der Waals surface area contributed by atoms with Crippen LogP contribution < -0.4 is 11.1 Å². The normalized spacial score (nSPS) is 14.9. The van der Waals surface area contributed by atoms with E-state index in [2.05, 4.69) is 5.32 Å². The Bertz CT molecular complexity index is 485. The van der Waals surface area contributed by atoms with Gasteiger partial charge in [-0.1, -0.05) is 6.07 Å². The molecule has 96 valence electrons. The van der Waals surface area contributed by atoms with Gasteiger partial charge in [0, 0.05) is 24.3 Å². The van der Waals surface area contributed by atoms with Crippen molar-refractivity contribution < 1.29 is 9.59 Å². The molecule has 0 saturated carbocycles. The first kappa shape index (κ1) is 12.4. The van der Waals surface area contributed by atoms with Gasteiger partial charge < -0.3 is 16.0 Å². The fourth-order valence-corrected chi connectivity index (χ4v) is 2.01. The van der Waals surface area contributed by atoms with Crippen LogP contribution in [0.5, 0.6) is 0 Å². The van der Waals surface area contributed by atoms with Crippen LogP contribution in [-0.2, 0) is 9.59 Å². The van der Waals surface area contributed by atoms with Crippen molar-refractivity contribution >= 4 is 23.2 Å². The third-order valence-electron chi connectivity index (χ3n) is 3.04. The largest absolute Gasteiger partial charge is 0.399 e. The lowest BCUT2D eigenvalue weighted by atomic mass is 10.2. The number of nitrogens with two attached hydrogens (primary N) is 1. The molecule has 1 fully saturated rings. The van der Waals surface area contributed by atoms with Gasteiger partial charge in [-0.3, -0.25) is 9.59 Å². The molecule has 0 spiro atoms. The van der Waals surface area contributed by atoms with Crippen LogP contribution >= 0.6 is 0 Å². The third kappa shape index (κ3) is 2.80. The molecule has 0 aliphatic carbocycles. The molecule has 0 radical (unpaired) electrons. The summed E-state index contributed by atoms with van der Waals surface area (Å²) in [6.45, 7) is 2.69. The van der Waals surface area contributed by atoms with Gasteiger partial charge in [-0.05, 0) is 31.0 Å².